The highest BCUT2D eigenvalue weighted by Gasteiger charge is 2.03. The molecule has 0 atom stereocenters. The Labute approximate surface area is 71.9 Å². The van der Waals surface area contributed by atoms with E-state index >= 15 is 0 Å². The van der Waals surface area contributed by atoms with Crippen LogP contribution in [-0.4, -0.2) is 19.5 Å². The van der Waals surface area contributed by atoms with Gasteiger partial charge in [-0.05, 0) is 0 Å². The minimum absolute atomic E-state index is 0.171. The summed E-state index contributed by atoms with van der Waals surface area (Å²) >= 11 is 0. The molecule has 0 radical (unpaired) electrons. The van der Waals surface area contributed by atoms with Crippen molar-refractivity contribution in [1.29, 1.82) is 0 Å². The normalized spacial score (nSPS) is 10.5. The zero-order chi connectivity index (χ0) is 9.42. The largest absolute Gasteiger partial charge is 0.311 e. The number of aromatic amines is 1. The van der Waals surface area contributed by atoms with Gasteiger partial charge in [0, 0.05) is 7.05 Å². The van der Waals surface area contributed by atoms with Crippen molar-refractivity contribution in [3.8, 4) is 0 Å². The van der Waals surface area contributed by atoms with Crippen LogP contribution >= 0.6 is 0 Å². The maximum Gasteiger partial charge on any atom is 0.278 e. The number of aryl methyl sites for hydroxylation is 1. The van der Waals surface area contributed by atoms with E-state index in [2.05, 4.69) is 15.0 Å². The second kappa shape index (κ2) is 2.51. The number of aromatic nitrogens is 4. The Balaban J connectivity index is 3.12. The van der Waals surface area contributed by atoms with Crippen LogP contribution in [0.25, 0.3) is 11.2 Å². The highest BCUT2D eigenvalue weighted by molar-refractivity contribution is 5.67. The summed E-state index contributed by atoms with van der Waals surface area (Å²) in [5, 5.41) is 0. The van der Waals surface area contributed by atoms with Crippen LogP contribution in [-0.2, 0) is 7.05 Å². The monoisotopic (exact) mass is 178 g/mol. The van der Waals surface area contributed by atoms with E-state index < -0.39 is 0 Å². The van der Waals surface area contributed by atoms with E-state index in [4.69, 9.17) is 0 Å². The average molecular weight is 178 g/mol. The minimum Gasteiger partial charge on any atom is -0.311 e. The summed E-state index contributed by atoms with van der Waals surface area (Å²) in [7, 11) is 1.54. The number of nitrogens with one attached hydrogen (secondary N) is 1. The first kappa shape index (κ1) is 7.66. The Morgan fingerprint density at radius 1 is 1.38 bits per heavy atom. The summed E-state index contributed by atoms with van der Waals surface area (Å²) in [6.07, 6.45) is 2.34. The van der Waals surface area contributed by atoms with Gasteiger partial charge in [-0.25, -0.2) is 9.97 Å². The molecule has 2 aromatic heterocycles. The average Bonchev–Trinajstić information content (AvgIpc) is 2.12. The Morgan fingerprint density at radius 2 is 2.15 bits per heavy atom. The minimum atomic E-state index is -0.347. The van der Waals surface area contributed by atoms with Crippen LogP contribution < -0.4 is 11.1 Å². The first-order chi connectivity index (χ1) is 6.20. The first-order valence-electron chi connectivity index (χ1n) is 3.59. The number of hydrogen-bond donors (Lipinski definition) is 1. The summed E-state index contributed by atoms with van der Waals surface area (Å²) in [6, 6.07) is 0. The maximum atomic E-state index is 11.2. The SMILES string of the molecule is Cn1c(=O)cnc2c(=O)[nH]cnc21. The molecule has 0 aliphatic carbocycles. The highest BCUT2D eigenvalue weighted by Crippen LogP contribution is 1.94. The molecule has 0 aliphatic rings. The molecule has 0 fully saturated rings. The van der Waals surface area contributed by atoms with Gasteiger partial charge in [-0.1, -0.05) is 0 Å². The quantitative estimate of drug-likeness (QED) is 0.562. The second-order valence-corrected chi connectivity index (χ2v) is 2.56. The fourth-order valence-electron chi connectivity index (χ4n) is 1.06. The Morgan fingerprint density at radius 3 is 2.92 bits per heavy atom. The predicted molar refractivity (Wildman–Crippen MR) is 45.4 cm³/mol. The Kier molecular flexibility index (Phi) is 1.48. The molecule has 6 nitrogen and oxygen atoms in total. The molecule has 0 spiro atoms. The summed E-state index contributed by atoms with van der Waals surface area (Å²) in [5.74, 6) is 0. The Bertz CT molecular complexity index is 568. The van der Waals surface area contributed by atoms with E-state index in [0.717, 1.165) is 6.20 Å². The van der Waals surface area contributed by atoms with E-state index in [-0.39, 0.29) is 22.3 Å². The van der Waals surface area contributed by atoms with Gasteiger partial charge in [-0.15, -0.1) is 0 Å². The lowest BCUT2D eigenvalue weighted by Gasteiger charge is -1.99. The predicted octanol–water partition coefficient (Wildman–Crippen LogP) is -0.983. The summed E-state index contributed by atoms with van der Waals surface area (Å²) < 4.78 is 1.28. The van der Waals surface area contributed by atoms with E-state index in [9.17, 15) is 9.59 Å². The highest BCUT2D eigenvalue weighted by atomic mass is 16.1. The van der Waals surface area contributed by atoms with Crippen molar-refractivity contribution in [3.05, 3.63) is 33.2 Å². The molecule has 0 unspecified atom stereocenters. The summed E-state index contributed by atoms with van der Waals surface area (Å²) in [5.41, 5.74) is -0.174. The molecule has 0 amide bonds. The van der Waals surface area contributed by atoms with Crippen LogP contribution in [0, 0.1) is 0 Å². The topological polar surface area (TPSA) is 80.6 Å². The van der Waals surface area contributed by atoms with Gasteiger partial charge in [-0.3, -0.25) is 14.2 Å². The van der Waals surface area contributed by atoms with E-state index in [1.807, 2.05) is 0 Å². The molecule has 0 aromatic carbocycles. The van der Waals surface area contributed by atoms with Crippen LogP contribution in [0.2, 0.25) is 0 Å². The summed E-state index contributed by atoms with van der Waals surface area (Å²) in [4.78, 5) is 32.2. The summed E-state index contributed by atoms with van der Waals surface area (Å²) in [6.45, 7) is 0. The van der Waals surface area contributed by atoms with Gasteiger partial charge in [-0.2, -0.15) is 0 Å². The van der Waals surface area contributed by atoms with Crippen molar-refractivity contribution < 1.29 is 0 Å². The van der Waals surface area contributed by atoms with Crippen molar-refractivity contribution >= 4 is 11.2 Å². The van der Waals surface area contributed by atoms with Gasteiger partial charge >= 0.3 is 0 Å². The number of rotatable bonds is 0. The van der Waals surface area contributed by atoms with Crippen LogP contribution in [0.4, 0.5) is 0 Å². The lowest BCUT2D eigenvalue weighted by atomic mass is 10.5. The van der Waals surface area contributed by atoms with E-state index in [0.29, 0.717) is 0 Å². The van der Waals surface area contributed by atoms with E-state index in [1.54, 1.807) is 7.05 Å². The second-order valence-electron chi connectivity index (χ2n) is 2.56. The fourth-order valence-corrected chi connectivity index (χ4v) is 1.06. The molecule has 2 rings (SSSR count). The molecule has 1 N–H and O–H groups in total. The lowest BCUT2D eigenvalue weighted by molar-refractivity contribution is 0.865. The zero-order valence-electron chi connectivity index (χ0n) is 6.81. The molecule has 13 heavy (non-hydrogen) atoms. The number of fused-ring (bicyclic) bond motifs is 1. The number of hydrogen-bond acceptors (Lipinski definition) is 4. The molecule has 6 heteroatoms. The van der Waals surface area contributed by atoms with Gasteiger partial charge in [0.25, 0.3) is 11.1 Å². The van der Waals surface area contributed by atoms with Gasteiger partial charge in [0.2, 0.25) is 0 Å². The molecule has 2 aromatic rings. The number of nitrogens with zero attached hydrogens (tertiary/aromatic N) is 3. The smallest absolute Gasteiger partial charge is 0.278 e. The third kappa shape index (κ3) is 1.03. The van der Waals surface area contributed by atoms with Crippen LogP contribution in [0.3, 0.4) is 0 Å². The van der Waals surface area contributed by atoms with Crippen LogP contribution in [0.5, 0.6) is 0 Å². The van der Waals surface area contributed by atoms with Crippen molar-refractivity contribution in [3.63, 3.8) is 0 Å². The van der Waals surface area contributed by atoms with Crippen LogP contribution in [0.15, 0.2) is 22.1 Å². The van der Waals surface area contributed by atoms with Crippen LogP contribution in [0.1, 0.15) is 0 Å². The lowest BCUT2D eigenvalue weighted by Crippen LogP contribution is -2.21. The van der Waals surface area contributed by atoms with Crippen molar-refractivity contribution in [2.24, 2.45) is 7.05 Å². The van der Waals surface area contributed by atoms with Crippen molar-refractivity contribution in [1.82, 2.24) is 19.5 Å². The molecule has 0 saturated heterocycles. The van der Waals surface area contributed by atoms with Crippen molar-refractivity contribution in [2.75, 3.05) is 0 Å². The molecule has 0 bridgehead atoms. The molecular formula is C7H6N4O2. The zero-order valence-corrected chi connectivity index (χ0v) is 6.81. The maximum absolute atomic E-state index is 11.2. The van der Waals surface area contributed by atoms with Gasteiger partial charge in [0.1, 0.15) is 0 Å². The van der Waals surface area contributed by atoms with E-state index in [1.165, 1.54) is 10.9 Å². The molecule has 0 aliphatic heterocycles. The molecule has 2 heterocycles. The third-order valence-corrected chi connectivity index (χ3v) is 1.76. The van der Waals surface area contributed by atoms with Gasteiger partial charge in [0.05, 0.1) is 12.5 Å². The third-order valence-electron chi connectivity index (χ3n) is 1.76. The standard InChI is InChI=1S/C7H6N4O2/c1-11-4(12)2-8-5-6(11)9-3-10-7(5)13/h2-3H,1H3,(H,9,10,13). The molecule has 66 valence electrons. The van der Waals surface area contributed by atoms with Gasteiger partial charge < -0.3 is 4.98 Å². The van der Waals surface area contributed by atoms with Gasteiger partial charge in [0.15, 0.2) is 11.2 Å². The van der Waals surface area contributed by atoms with Crippen molar-refractivity contribution in [2.45, 2.75) is 0 Å². The molecule has 0 saturated carbocycles. The first-order valence-corrected chi connectivity index (χ1v) is 3.59. The number of H-pyrrole nitrogens is 1. The fraction of sp³-hybridized carbons (Fsp3) is 0.143. The molecular weight excluding hydrogens is 172 g/mol. The Hall–Kier alpha value is -1.98.